The molecule has 1 aliphatic heterocycles. The van der Waals surface area contributed by atoms with Crippen molar-refractivity contribution >= 4 is 17.3 Å². The number of nitrogens with one attached hydrogen (secondary N) is 2. The fraction of sp³-hybridized carbons (Fsp3) is 0.875. The van der Waals surface area contributed by atoms with Crippen LogP contribution in [-0.4, -0.2) is 31.4 Å². The van der Waals surface area contributed by atoms with Gasteiger partial charge in [-0.3, -0.25) is 0 Å². The Kier molecular flexibility index (Phi) is 4.32. The predicted molar refractivity (Wildman–Crippen MR) is 53.3 cm³/mol. The van der Waals surface area contributed by atoms with Gasteiger partial charge in [-0.05, 0) is 31.5 Å². The summed E-state index contributed by atoms with van der Waals surface area (Å²) in [5.74, 6) is 0. The first-order valence-electron chi connectivity index (χ1n) is 4.40. The molecule has 1 saturated heterocycles. The number of hydrogen-bond donors (Lipinski definition) is 2. The van der Waals surface area contributed by atoms with Crippen LogP contribution in [0.15, 0.2) is 0 Å². The van der Waals surface area contributed by atoms with Gasteiger partial charge in [0.1, 0.15) is 0 Å². The lowest BCUT2D eigenvalue weighted by atomic mass is 10.2. The molecular formula is C8H16N2OS. The Labute approximate surface area is 78.9 Å². The zero-order valence-electron chi connectivity index (χ0n) is 7.43. The van der Waals surface area contributed by atoms with Gasteiger partial charge in [0.05, 0.1) is 6.10 Å². The molecule has 0 aliphatic carbocycles. The van der Waals surface area contributed by atoms with E-state index in [1.807, 2.05) is 7.05 Å². The number of thiocarbonyl (C=S) groups is 1. The SMILES string of the molecule is CNC(=S)NCCC1CCCO1. The van der Waals surface area contributed by atoms with E-state index in [1.54, 1.807) is 0 Å². The maximum absolute atomic E-state index is 5.46. The van der Waals surface area contributed by atoms with Gasteiger partial charge in [-0.15, -0.1) is 0 Å². The highest BCUT2D eigenvalue weighted by Gasteiger charge is 2.14. The van der Waals surface area contributed by atoms with Crippen molar-refractivity contribution in [3.63, 3.8) is 0 Å². The molecule has 0 aromatic carbocycles. The third-order valence-corrected chi connectivity index (χ3v) is 2.35. The lowest BCUT2D eigenvalue weighted by Gasteiger charge is -2.10. The van der Waals surface area contributed by atoms with Gasteiger partial charge in [0.15, 0.2) is 5.11 Å². The van der Waals surface area contributed by atoms with E-state index in [0.29, 0.717) is 11.2 Å². The molecule has 1 rings (SSSR count). The molecule has 12 heavy (non-hydrogen) atoms. The Morgan fingerprint density at radius 2 is 2.50 bits per heavy atom. The minimum absolute atomic E-state index is 0.456. The summed E-state index contributed by atoms with van der Waals surface area (Å²) in [6.07, 6.45) is 3.92. The average molecular weight is 188 g/mol. The smallest absolute Gasteiger partial charge is 0.166 e. The van der Waals surface area contributed by atoms with Crippen LogP contribution in [0.1, 0.15) is 19.3 Å². The van der Waals surface area contributed by atoms with Crippen LogP contribution in [0.4, 0.5) is 0 Å². The normalized spacial score (nSPS) is 22.2. The third-order valence-electron chi connectivity index (χ3n) is 2.00. The van der Waals surface area contributed by atoms with E-state index in [9.17, 15) is 0 Å². The largest absolute Gasteiger partial charge is 0.378 e. The van der Waals surface area contributed by atoms with Crippen molar-refractivity contribution in [2.45, 2.75) is 25.4 Å². The molecule has 4 heteroatoms. The lowest BCUT2D eigenvalue weighted by Crippen LogP contribution is -2.34. The molecule has 2 N–H and O–H groups in total. The Balaban J connectivity index is 1.97. The van der Waals surface area contributed by atoms with E-state index >= 15 is 0 Å². The molecule has 70 valence electrons. The Bertz CT molecular complexity index is 146. The van der Waals surface area contributed by atoms with Crippen molar-refractivity contribution in [3.05, 3.63) is 0 Å². The van der Waals surface area contributed by atoms with Gasteiger partial charge in [-0.1, -0.05) is 0 Å². The molecule has 0 aromatic heterocycles. The zero-order chi connectivity index (χ0) is 8.81. The van der Waals surface area contributed by atoms with Crippen molar-refractivity contribution in [1.29, 1.82) is 0 Å². The molecule has 1 heterocycles. The zero-order valence-corrected chi connectivity index (χ0v) is 8.25. The Morgan fingerprint density at radius 3 is 3.08 bits per heavy atom. The van der Waals surface area contributed by atoms with Crippen LogP contribution in [-0.2, 0) is 4.74 Å². The molecule has 1 unspecified atom stereocenters. The van der Waals surface area contributed by atoms with Crippen LogP contribution in [0.5, 0.6) is 0 Å². The summed E-state index contributed by atoms with van der Waals surface area (Å²) in [6, 6.07) is 0. The summed E-state index contributed by atoms with van der Waals surface area (Å²) in [5, 5.41) is 6.69. The summed E-state index contributed by atoms with van der Waals surface area (Å²) >= 11 is 4.93. The first-order chi connectivity index (χ1) is 5.83. The van der Waals surface area contributed by atoms with Gasteiger partial charge in [-0.2, -0.15) is 0 Å². The van der Waals surface area contributed by atoms with Crippen LogP contribution in [0.3, 0.4) is 0 Å². The fourth-order valence-electron chi connectivity index (χ4n) is 1.31. The minimum Gasteiger partial charge on any atom is -0.378 e. The standard InChI is InChI=1S/C8H16N2OS/c1-9-8(12)10-5-4-7-3-2-6-11-7/h7H,2-6H2,1H3,(H2,9,10,12). The van der Waals surface area contributed by atoms with Gasteiger partial charge < -0.3 is 15.4 Å². The van der Waals surface area contributed by atoms with Crippen molar-refractivity contribution in [2.24, 2.45) is 0 Å². The van der Waals surface area contributed by atoms with Crippen LogP contribution in [0.25, 0.3) is 0 Å². The van der Waals surface area contributed by atoms with E-state index in [4.69, 9.17) is 17.0 Å². The molecule has 0 aromatic rings. The first-order valence-corrected chi connectivity index (χ1v) is 4.81. The summed E-state index contributed by atoms with van der Waals surface area (Å²) in [4.78, 5) is 0. The lowest BCUT2D eigenvalue weighted by molar-refractivity contribution is 0.105. The molecule has 0 spiro atoms. The molecule has 0 saturated carbocycles. The number of hydrogen-bond acceptors (Lipinski definition) is 2. The highest BCUT2D eigenvalue weighted by atomic mass is 32.1. The maximum atomic E-state index is 5.46. The fourth-order valence-corrected chi connectivity index (χ4v) is 1.41. The topological polar surface area (TPSA) is 33.3 Å². The van der Waals surface area contributed by atoms with Gasteiger partial charge in [-0.25, -0.2) is 0 Å². The second kappa shape index (κ2) is 5.32. The van der Waals surface area contributed by atoms with E-state index in [2.05, 4.69) is 10.6 Å². The van der Waals surface area contributed by atoms with E-state index in [1.165, 1.54) is 12.8 Å². The van der Waals surface area contributed by atoms with E-state index < -0.39 is 0 Å². The molecule has 0 amide bonds. The molecule has 1 fully saturated rings. The Hall–Kier alpha value is -0.350. The van der Waals surface area contributed by atoms with Gasteiger partial charge in [0.25, 0.3) is 0 Å². The second-order valence-corrected chi connectivity index (χ2v) is 3.34. The third kappa shape index (κ3) is 3.36. The van der Waals surface area contributed by atoms with Gasteiger partial charge in [0, 0.05) is 20.2 Å². The monoisotopic (exact) mass is 188 g/mol. The van der Waals surface area contributed by atoms with Crippen molar-refractivity contribution in [3.8, 4) is 0 Å². The van der Waals surface area contributed by atoms with E-state index in [0.717, 1.165) is 19.6 Å². The van der Waals surface area contributed by atoms with Crippen molar-refractivity contribution in [1.82, 2.24) is 10.6 Å². The summed E-state index contributed by atoms with van der Waals surface area (Å²) < 4.78 is 5.46. The van der Waals surface area contributed by atoms with Gasteiger partial charge in [0.2, 0.25) is 0 Å². The number of ether oxygens (including phenoxy) is 1. The molecule has 0 bridgehead atoms. The number of rotatable bonds is 3. The van der Waals surface area contributed by atoms with E-state index in [-0.39, 0.29) is 0 Å². The first kappa shape index (κ1) is 9.74. The summed E-state index contributed by atoms with van der Waals surface area (Å²) in [7, 11) is 1.82. The van der Waals surface area contributed by atoms with Gasteiger partial charge >= 0.3 is 0 Å². The second-order valence-electron chi connectivity index (χ2n) is 2.93. The Morgan fingerprint density at radius 1 is 1.67 bits per heavy atom. The summed E-state index contributed by atoms with van der Waals surface area (Å²) in [5.41, 5.74) is 0. The summed E-state index contributed by atoms with van der Waals surface area (Å²) in [6.45, 7) is 1.84. The quantitative estimate of drug-likeness (QED) is 0.637. The highest BCUT2D eigenvalue weighted by molar-refractivity contribution is 7.80. The van der Waals surface area contributed by atoms with Crippen LogP contribution in [0.2, 0.25) is 0 Å². The van der Waals surface area contributed by atoms with Crippen LogP contribution < -0.4 is 10.6 Å². The molecular weight excluding hydrogens is 172 g/mol. The average Bonchev–Trinajstić information content (AvgIpc) is 2.57. The maximum Gasteiger partial charge on any atom is 0.166 e. The highest BCUT2D eigenvalue weighted by Crippen LogP contribution is 2.14. The van der Waals surface area contributed by atoms with Crippen LogP contribution >= 0.6 is 12.2 Å². The molecule has 1 atom stereocenters. The minimum atomic E-state index is 0.456. The molecule has 3 nitrogen and oxygen atoms in total. The molecule has 1 aliphatic rings. The molecule has 0 radical (unpaired) electrons. The van der Waals surface area contributed by atoms with Crippen molar-refractivity contribution < 1.29 is 4.74 Å². The van der Waals surface area contributed by atoms with Crippen LogP contribution in [0, 0.1) is 0 Å². The van der Waals surface area contributed by atoms with Crippen molar-refractivity contribution in [2.75, 3.05) is 20.2 Å². The predicted octanol–water partition coefficient (Wildman–Crippen LogP) is 0.649.